The van der Waals surface area contributed by atoms with Crippen LogP contribution in [0, 0.1) is 6.92 Å². The number of benzene rings is 1. The summed E-state index contributed by atoms with van der Waals surface area (Å²) in [6, 6.07) is 5.25. The molecule has 1 rings (SSSR count). The molecule has 0 unspecified atom stereocenters. The van der Waals surface area contributed by atoms with Gasteiger partial charge in [-0.2, -0.15) is 0 Å². The summed E-state index contributed by atoms with van der Waals surface area (Å²) in [4.78, 5) is 23.2. The van der Waals surface area contributed by atoms with Gasteiger partial charge >= 0.3 is 11.9 Å². The number of hydrogen-bond donors (Lipinski definition) is 1. The largest absolute Gasteiger partial charge is 0.496 e. The first-order valence-electron chi connectivity index (χ1n) is 7.23. The third kappa shape index (κ3) is 5.39. The Morgan fingerprint density at radius 1 is 1.27 bits per heavy atom. The standard InChI is InChI=1S/C17H24O5/c1-11-10-12(6-8-14(11)21-5)13(16(19)20)7-9-15(18)22-17(2,3)4/h6,8,10,13H,7,9H2,1-5H3,(H,19,20)/t13-/m0/s1. The van der Waals surface area contributed by atoms with Gasteiger partial charge in [0.25, 0.3) is 0 Å². The maximum atomic E-state index is 11.7. The van der Waals surface area contributed by atoms with Crippen molar-refractivity contribution >= 4 is 11.9 Å². The Hall–Kier alpha value is -2.04. The molecular weight excluding hydrogens is 284 g/mol. The predicted octanol–water partition coefficient (Wildman–Crippen LogP) is 3.29. The first-order valence-corrected chi connectivity index (χ1v) is 7.23. The molecule has 5 heteroatoms. The van der Waals surface area contributed by atoms with Crippen molar-refractivity contribution in [1.82, 2.24) is 0 Å². The second kappa shape index (κ2) is 7.29. The lowest BCUT2D eigenvalue weighted by Gasteiger charge is -2.20. The summed E-state index contributed by atoms with van der Waals surface area (Å²) in [5.74, 6) is -1.37. The predicted molar refractivity (Wildman–Crippen MR) is 83.2 cm³/mol. The van der Waals surface area contributed by atoms with Crippen molar-refractivity contribution in [2.24, 2.45) is 0 Å². The van der Waals surface area contributed by atoms with E-state index in [1.807, 2.05) is 6.92 Å². The van der Waals surface area contributed by atoms with Crippen LogP contribution in [0.4, 0.5) is 0 Å². The zero-order valence-electron chi connectivity index (χ0n) is 13.8. The zero-order chi connectivity index (χ0) is 16.9. The molecule has 0 radical (unpaired) electrons. The average Bonchev–Trinajstić information content (AvgIpc) is 2.36. The monoisotopic (exact) mass is 308 g/mol. The molecule has 5 nitrogen and oxygen atoms in total. The third-order valence-electron chi connectivity index (χ3n) is 3.18. The van der Waals surface area contributed by atoms with E-state index in [1.54, 1.807) is 46.1 Å². The molecule has 1 N–H and O–H groups in total. The number of carbonyl (C=O) groups excluding carboxylic acids is 1. The Morgan fingerprint density at radius 3 is 2.36 bits per heavy atom. The molecule has 0 fully saturated rings. The first kappa shape index (κ1) is 18.0. The fourth-order valence-corrected chi connectivity index (χ4v) is 2.21. The Bertz CT molecular complexity index is 542. The second-order valence-corrected chi connectivity index (χ2v) is 6.25. The van der Waals surface area contributed by atoms with Gasteiger partial charge in [-0.05, 0) is 51.3 Å². The quantitative estimate of drug-likeness (QED) is 0.816. The lowest BCUT2D eigenvalue weighted by molar-refractivity contribution is -0.155. The molecule has 0 saturated heterocycles. The third-order valence-corrected chi connectivity index (χ3v) is 3.18. The molecule has 1 aromatic rings. The van der Waals surface area contributed by atoms with E-state index in [-0.39, 0.29) is 18.8 Å². The van der Waals surface area contributed by atoms with Crippen molar-refractivity contribution in [3.05, 3.63) is 29.3 Å². The number of methoxy groups -OCH3 is 1. The molecule has 0 heterocycles. The number of ether oxygens (including phenoxy) is 2. The van der Waals surface area contributed by atoms with Gasteiger partial charge in [-0.25, -0.2) is 0 Å². The van der Waals surface area contributed by atoms with Crippen molar-refractivity contribution in [2.45, 2.75) is 52.1 Å². The van der Waals surface area contributed by atoms with E-state index in [2.05, 4.69) is 0 Å². The molecule has 0 aliphatic rings. The number of carbonyl (C=O) groups is 2. The summed E-state index contributed by atoms with van der Waals surface area (Å²) in [6.07, 6.45) is 0.273. The lowest BCUT2D eigenvalue weighted by Crippen LogP contribution is -2.24. The van der Waals surface area contributed by atoms with Crippen LogP contribution in [0.5, 0.6) is 5.75 Å². The molecule has 122 valence electrons. The van der Waals surface area contributed by atoms with Crippen LogP contribution >= 0.6 is 0 Å². The van der Waals surface area contributed by atoms with E-state index in [9.17, 15) is 14.7 Å². The van der Waals surface area contributed by atoms with E-state index in [4.69, 9.17) is 9.47 Å². The fraction of sp³-hybridized carbons (Fsp3) is 0.529. The number of hydrogen-bond acceptors (Lipinski definition) is 4. The molecule has 0 amide bonds. The summed E-state index contributed by atoms with van der Waals surface area (Å²) < 4.78 is 10.4. The number of aliphatic carboxylic acids is 1. The van der Waals surface area contributed by atoms with Crippen molar-refractivity contribution in [3.63, 3.8) is 0 Å². The number of aryl methyl sites for hydroxylation is 1. The number of carboxylic acids is 1. The van der Waals surface area contributed by atoms with E-state index >= 15 is 0 Å². The summed E-state index contributed by atoms with van der Waals surface area (Å²) in [6.45, 7) is 7.21. The van der Waals surface area contributed by atoms with Gasteiger partial charge in [0.2, 0.25) is 0 Å². The van der Waals surface area contributed by atoms with E-state index in [0.29, 0.717) is 11.3 Å². The lowest BCUT2D eigenvalue weighted by atomic mass is 9.93. The van der Waals surface area contributed by atoms with Crippen molar-refractivity contribution in [2.75, 3.05) is 7.11 Å². The summed E-state index contributed by atoms with van der Waals surface area (Å²) in [5.41, 5.74) is 0.963. The van der Waals surface area contributed by atoms with Crippen molar-refractivity contribution in [1.29, 1.82) is 0 Å². The number of rotatable bonds is 6. The zero-order valence-corrected chi connectivity index (χ0v) is 13.8. The van der Waals surface area contributed by atoms with Crippen LogP contribution in [0.25, 0.3) is 0 Å². The fourth-order valence-electron chi connectivity index (χ4n) is 2.21. The molecule has 22 heavy (non-hydrogen) atoms. The van der Waals surface area contributed by atoms with Gasteiger partial charge in [-0.15, -0.1) is 0 Å². The Labute approximate surface area is 131 Å². The van der Waals surface area contributed by atoms with Gasteiger partial charge in [-0.3, -0.25) is 9.59 Å². The van der Waals surface area contributed by atoms with Crippen LogP contribution in [-0.2, 0) is 14.3 Å². The van der Waals surface area contributed by atoms with Gasteiger partial charge in [0.05, 0.1) is 13.0 Å². The highest BCUT2D eigenvalue weighted by Gasteiger charge is 2.23. The van der Waals surface area contributed by atoms with Crippen LogP contribution < -0.4 is 4.74 Å². The molecule has 1 atom stereocenters. The van der Waals surface area contributed by atoms with E-state index < -0.39 is 17.5 Å². The first-order chi connectivity index (χ1) is 10.1. The van der Waals surface area contributed by atoms with Crippen molar-refractivity contribution in [3.8, 4) is 5.75 Å². The molecule has 0 spiro atoms. The maximum absolute atomic E-state index is 11.7. The van der Waals surface area contributed by atoms with Crippen LogP contribution in [0.15, 0.2) is 18.2 Å². The minimum atomic E-state index is -0.951. The van der Waals surface area contributed by atoms with E-state index in [0.717, 1.165) is 5.56 Å². The van der Waals surface area contributed by atoms with Crippen LogP contribution in [-0.4, -0.2) is 29.8 Å². The summed E-state index contributed by atoms with van der Waals surface area (Å²) >= 11 is 0. The smallest absolute Gasteiger partial charge is 0.310 e. The number of esters is 1. The molecule has 0 aliphatic carbocycles. The average molecular weight is 308 g/mol. The Kier molecular flexibility index (Phi) is 5.97. The summed E-state index contributed by atoms with van der Waals surface area (Å²) in [5, 5.41) is 9.41. The highest BCUT2D eigenvalue weighted by atomic mass is 16.6. The SMILES string of the molecule is COc1ccc([C@H](CCC(=O)OC(C)(C)C)C(=O)O)cc1C. The van der Waals surface area contributed by atoms with Gasteiger partial charge in [0, 0.05) is 6.42 Å². The van der Waals surface area contributed by atoms with Crippen LogP contribution in [0.1, 0.15) is 50.7 Å². The molecular formula is C17H24O5. The van der Waals surface area contributed by atoms with Crippen LogP contribution in [0.3, 0.4) is 0 Å². The molecule has 0 aromatic heterocycles. The Morgan fingerprint density at radius 2 is 1.91 bits per heavy atom. The minimum absolute atomic E-state index is 0.0688. The summed E-state index contributed by atoms with van der Waals surface area (Å²) in [7, 11) is 1.57. The Balaban J connectivity index is 2.80. The van der Waals surface area contributed by atoms with Gasteiger partial charge in [0.1, 0.15) is 11.4 Å². The van der Waals surface area contributed by atoms with Crippen molar-refractivity contribution < 1.29 is 24.2 Å². The minimum Gasteiger partial charge on any atom is -0.496 e. The maximum Gasteiger partial charge on any atom is 0.310 e. The van der Waals surface area contributed by atoms with Gasteiger partial charge < -0.3 is 14.6 Å². The number of carboxylic acid groups (broad SMARTS) is 1. The normalized spacial score (nSPS) is 12.6. The molecule has 0 saturated carbocycles. The highest BCUT2D eigenvalue weighted by molar-refractivity contribution is 5.78. The molecule has 1 aromatic carbocycles. The molecule has 0 aliphatic heterocycles. The second-order valence-electron chi connectivity index (χ2n) is 6.25. The van der Waals surface area contributed by atoms with Gasteiger partial charge in [-0.1, -0.05) is 12.1 Å². The van der Waals surface area contributed by atoms with E-state index in [1.165, 1.54) is 0 Å². The van der Waals surface area contributed by atoms with Crippen LogP contribution in [0.2, 0.25) is 0 Å². The molecule has 0 bridgehead atoms. The highest BCUT2D eigenvalue weighted by Crippen LogP contribution is 2.27. The topological polar surface area (TPSA) is 72.8 Å². The van der Waals surface area contributed by atoms with Gasteiger partial charge in [0.15, 0.2) is 0 Å².